The highest BCUT2D eigenvalue weighted by molar-refractivity contribution is 5.94. The molecular weight excluding hydrogens is 392 g/mol. The summed E-state index contributed by atoms with van der Waals surface area (Å²) in [6.45, 7) is 11.6. The minimum absolute atomic E-state index is 0.0421. The van der Waals surface area contributed by atoms with Gasteiger partial charge in [-0.15, -0.1) is 0 Å². The van der Waals surface area contributed by atoms with Gasteiger partial charge in [0.15, 0.2) is 0 Å². The highest BCUT2D eigenvalue weighted by atomic mass is 16.5. The number of hydrogen-bond acceptors (Lipinski definition) is 5. The van der Waals surface area contributed by atoms with Crippen LogP contribution in [0.1, 0.15) is 62.4 Å². The van der Waals surface area contributed by atoms with Gasteiger partial charge in [-0.1, -0.05) is 30.5 Å². The van der Waals surface area contributed by atoms with Crippen molar-refractivity contribution in [2.45, 2.75) is 77.2 Å². The molecule has 1 aliphatic heterocycles. The van der Waals surface area contributed by atoms with Crippen molar-refractivity contribution in [2.24, 2.45) is 0 Å². The van der Waals surface area contributed by atoms with Crippen LogP contribution in [0.15, 0.2) is 24.3 Å². The van der Waals surface area contributed by atoms with Gasteiger partial charge in [0, 0.05) is 37.8 Å². The zero-order valence-corrected chi connectivity index (χ0v) is 19.7. The Kier molecular flexibility index (Phi) is 8.50. The summed E-state index contributed by atoms with van der Waals surface area (Å²) in [6.07, 6.45) is 3.92. The Labute approximate surface area is 187 Å². The van der Waals surface area contributed by atoms with E-state index in [2.05, 4.69) is 4.90 Å². The van der Waals surface area contributed by atoms with Crippen molar-refractivity contribution in [3.8, 4) is 0 Å². The van der Waals surface area contributed by atoms with Gasteiger partial charge in [-0.2, -0.15) is 0 Å². The van der Waals surface area contributed by atoms with Crippen molar-refractivity contribution < 1.29 is 19.4 Å². The van der Waals surface area contributed by atoms with Crippen LogP contribution >= 0.6 is 0 Å². The summed E-state index contributed by atoms with van der Waals surface area (Å²) in [5, 5.41) is 10.4. The number of β-amino-alcohol motifs (C(OH)–C–C–N with tert-alkyl or cyclic N) is 1. The second-order valence-electron chi connectivity index (χ2n) is 10.1. The molecule has 1 amide bonds. The Morgan fingerprint density at radius 2 is 1.94 bits per heavy atom. The van der Waals surface area contributed by atoms with Gasteiger partial charge in [0.1, 0.15) is 0 Å². The van der Waals surface area contributed by atoms with Crippen LogP contribution < -0.4 is 0 Å². The van der Waals surface area contributed by atoms with Crippen LogP contribution in [0.4, 0.5) is 0 Å². The summed E-state index contributed by atoms with van der Waals surface area (Å²) in [7, 11) is 0. The Bertz CT molecular complexity index is 694. The van der Waals surface area contributed by atoms with Crippen LogP contribution in [0.3, 0.4) is 0 Å². The number of benzene rings is 1. The number of amides is 1. The number of carbonyl (C=O) groups excluding carboxylic acids is 1. The van der Waals surface area contributed by atoms with Crippen molar-refractivity contribution >= 4 is 5.91 Å². The third-order valence-corrected chi connectivity index (χ3v) is 6.13. The maximum Gasteiger partial charge on any atom is 0.254 e. The van der Waals surface area contributed by atoms with E-state index in [1.54, 1.807) is 0 Å². The molecule has 2 fully saturated rings. The molecule has 0 radical (unpaired) electrons. The van der Waals surface area contributed by atoms with Crippen molar-refractivity contribution in [1.82, 2.24) is 9.80 Å². The van der Waals surface area contributed by atoms with E-state index in [9.17, 15) is 9.90 Å². The quantitative estimate of drug-likeness (QED) is 0.683. The number of hydrogen-bond donors (Lipinski definition) is 1. The van der Waals surface area contributed by atoms with E-state index in [0.717, 1.165) is 37.1 Å². The van der Waals surface area contributed by atoms with Gasteiger partial charge < -0.3 is 19.5 Å². The van der Waals surface area contributed by atoms with Gasteiger partial charge in [0.2, 0.25) is 0 Å². The molecule has 2 aliphatic rings. The first-order chi connectivity index (χ1) is 14.7. The number of aryl methyl sites for hydroxylation is 1. The first-order valence-electron chi connectivity index (χ1n) is 11.7. The van der Waals surface area contributed by atoms with E-state index in [-0.39, 0.29) is 17.6 Å². The SMILES string of the molecule is Cc1ccc(C(=O)N(CC2CN(CC(O)COC(C)(C)C)CCO2)C2CCCC2)cc1. The molecule has 0 aromatic heterocycles. The van der Waals surface area contributed by atoms with Crippen LogP contribution in [0.5, 0.6) is 0 Å². The molecule has 31 heavy (non-hydrogen) atoms. The molecule has 3 rings (SSSR count). The highest BCUT2D eigenvalue weighted by Crippen LogP contribution is 2.26. The normalized spacial score (nSPS) is 21.9. The van der Waals surface area contributed by atoms with E-state index >= 15 is 0 Å². The average Bonchev–Trinajstić information content (AvgIpc) is 3.25. The van der Waals surface area contributed by atoms with Crippen molar-refractivity contribution in [1.29, 1.82) is 0 Å². The lowest BCUT2D eigenvalue weighted by atomic mass is 10.1. The van der Waals surface area contributed by atoms with Crippen molar-refractivity contribution in [3.05, 3.63) is 35.4 Å². The molecule has 1 saturated heterocycles. The Morgan fingerprint density at radius 1 is 1.26 bits per heavy atom. The lowest BCUT2D eigenvalue weighted by Gasteiger charge is -2.38. The minimum atomic E-state index is -0.530. The fraction of sp³-hybridized carbons (Fsp3) is 0.720. The predicted octanol–water partition coefficient (Wildman–Crippen LogP) is 3.26. The summed E-state index contributed by atoms with van der Waals surface area (Å²) >= 11 is 0. The second kappa shape index (κ2) is 10.9. The topological polar surface area (TPSA) is 62.2 Å². The van der Waals surface area contributed by atoms with Gasteiger partial charge in [0.05, 0.1) is 31.0 Å². The molecule has 1 heterocycles. The lowest BCUT2D eigenvalue weighted by Crippen LogP contribution is -2.52. The number of morpholine rings is 1. The molecule has 1 saturated carbocycles. The molecule has 174 valence electrons. The molecule has 6 nitrogen and oxygen atoms in total. The van der Waals surface area contributed by atoms with E-state index < -0.39 is 6.10 Å². The number of nitrogens with zero attached hydrogens (tertiary/aromatic N) is 2. The second-order valence-corrected chi connectivity index (χ2v) is 10.1. The van der Waals surface area contributed by atoms with Crippen molar-refractivity contribution in [2.75, 3.05) is 39.4 Å². The molecule has 0 bridgehead atoms. The van der Waals surface area contributed by atoms with Crippen LogP contribution in [-0.4, -0.2) is 84.1 Å². The van der Waals surface area contributed by atoms with E-state index in [4.69, 9.17) is 9.47 Å². The summed E-state index contributed by atoms with van der Waals surface area (Å²) in [5.41, 5.74) is 1.65. The molecule has 2 atom stereocenters. The largest absolute Gasteiger partial charge is 0.389 e. The molecular formula is C25H40N2O4. The standard InChI is InChI=1S/C25H40N2O4/c1-19-9-11-20(12-10-19)24(29)27(21-7-5-6-8-21)17-23-16-26(13-14-30-23)15-22(28)18-31-25(2,3)4/h9-12,21-23,28H,5-8,13-18H2,1-4H3. The Balaban J connectivity index is 1.60. The molecule has 1 aromatic carbocycles. The van der Waals surface area contributed by atoms with Gasteiger partial charge in [-0.05, 0) is 52.7 Å². The summed E-state index contributed by atoms with van der Waals surface area (Å²) in [6, 6.07) is 8.15. The maximum absolute atomic E-state index is 13.4. The smallest absolute Gasteiger partial charge is 0.254 e. The maximum atomic E-state index is 13.4. The Hall–Kier alpha value is -1.47. The van der Waals surface area contributed by atoms with Gasteiger partial charge in [-0.25, -0.2) is 0 Å². The molecule has 1 aliphatic carbocycles. The summed E-state index contributed by atoms with van der Waals surface area (Å²) in [4.78, 5) is 17.6. The van der Waals surface area contributed by atoms with E-state index in [1.165, 1.54) is 12.8 Å². The third-order valence-electron chi connectivity index (χ3n) is 6.13. The molecule has 0 spiro atoms. The van der Waals surface area contributed by atoms with E-state index in [1.807, 2.05) is 56.9 Å². The monoisotopic (exact) mass is 432 g/mol. The third kappa shape index (κ3) is 7.56. The molecule has 2 unspecified atom stereocenters. The van der Waals surface area contributed by atoms with Gasteiger partial charge in [-0.3, -0.25) is 9.69 Å². The zero-order chi connectivity index (χ0) is 22.4. The predicted molar refractivity (Wildman–Crippen MR) is 122 cm³/mol. The molecule has 6 heteroatoms. The lowest BCUT2D eigenvalue weighted by molar-refractivity contribution is -0.0792. The average molecular weight is 433 g/mol. The first-order valence-corrected chi connectivity index (χ1v) is 11.7. The highest BCUT2D eigenvalue weighted by Gasteiger charge is 2.32. The summed E-state index contributed by atoms with van der Waals surface area (Å²) < 4.78 is 11.8. The number of carbonyl (C=O) groups is 1. The zero-order valence-electron chi connectivity index (χ0n) is 19.7. The van der Waals surface area contributed by atoms with Crippen LogP contribution in [0.25, 0.3) is 0 Å². The number of aliphatic hydroxyl groups excluding tert-OH is 1. The van der Waals surface area contributed by atoms with Crippen LogP contribution in [-0.2, 0) is 9.47 Å². The number of aliphatic hydroxyl groups is 1. The fourth-order valence-electron chi connectivity index (χ4n) is 4.45. The number of rotatable bonds is 8. The van der Waals surface area contributed by atoms with Crippen LogP contribution in [0.2, 0.25) is 0 Å². The first kappa shape index (κ1) is 24.2. The Morgan fingerprint density at radius 3 is 2.58 bits per heavy atom. The molecule has 1 N–H and O–H groups in total. The van der Waals surface area contributed by atoms with Crippen molar-refractivity contribution in [3.63, 3.8) is 0 Å². The van der Waals surface area contributed by atoms with Crippen LogP contribution in [0, 0.1) is 6.92 Å². The van der Waals surface area contributed by atoms with Gasteiger partial charge in [0.25, 0.3) is 5.91 Å². The summed E-state index contributed by atoms with van der Waals surface area (Å²) in [5.74, 6) is 0.103. The fourth-order valence-corrected chi connectivity index (χ4v) is 4.45. The van der Waals surface area contributed by atoms with E-state index in [0.29, 0.717) is 32.3 Å². The van der Waals surface area contributed by atoms with Gasteiger partial charge >= 0.3 is 0 Å². The molecule has 1 aromatic rings. The number of ether oxygens (including phenoxy) is 2. The minimum Gasteiger partial charge on any atom is -0.389 e.